The third-order valence-corrected chi connectivity index (χ3v) is 8.20. The summed E-state index contributed by atoms with van der Waals surface area (Å²) in [5.41, 5.74) is 1.91. The van der Waals surface area contributed by atoms with Crippen molar-refractivity contribution in [3.63, 3.8) is 0 Å². The van der Waals surface area contributed by atoms with Gasteiger partial charge in [0.1, 0.15) is 10.6 Å². The molecule has 1 atom stereocenters. The minimum Gasteiger partial charge on any atom is -0.495 e. The molecule has 1 aliphatic heterocycles. The highest BCUT2D eigenvalue weighted by atomic mass is 35.5. The van der Waals surface area contributed by atoms with Gasteiger partial charge in [-0.05, 0) is 61.1 Å². The molecule has 1 N–H and O–H groups in total. The van der Waals surface area contributed by atoms with Crippen LogP contribution in [0.15, 0.2) is 47.4 Å². The molecule has 1 heterocycles. The van der Waals surface area contributed by atoms with Gasteiger partial charge >= 0.3 is 0 Å². The number of amides is 1. The van der Waals surface area contributed by atoms with Gasteiger partial charge < -0.3 is 10.1 Å². The normalized spacial score (nSPS) is 16.7. The average molecular weight is 479 g/mol. The molecule has 3 rings (SSSR count). The first-order valence-corrected chi connectivity index (χ1v) is 12.7. The number of rotatable bonds is 7. The van der Waals surface area contributed by atoms with Gasteiger partial charge in [-0.1, -0.05) is 43.6 Å². The Morgan fingerprint density at radius 2 is 1.66 bits per heavy atom. The fourth-order valence-corrected chi connectivity index (χ4v) is 5.70. The number of carbonyl (C=O) groups excluding carboxylic acids is 1. The van der Waals surface area contributed by atoms with Crippen LogP contribution < -0.4 is 10.1 Å². The summed E-state index contributed by atoms with van der Waals surface area (Å²) in [6, 6.07) is 12.5. The highest BCUT2D eigenvalue weighted by Crippen LogP contribution is 2.32. The summed E-state index contributed by atoms with van der Waals surface area (Å²) in [6.07, 6.45) is 0.954. The summed E-state index contributed by atoms with van der Waals surface area (Å²) >= 11 is 5.93. The Morgan fingerprint density at radius 1 is 1.06 bits per heavy atom. The second kappa shape index (κ2) is 10.2. The third kappa shape index (κ3) is 5.45. The summed E-state index contributed by atoms with van der Waals surface area (Å²) in [5, 5.41) is 3.69. The van der Waals surface area contributed by atoms with Gasteiger partial charge in [0.05, 0.1) is 13.2 Å². The summed E-state index contributed by atoms with van der Waals surface area (Å²) in [4.78, 5) is 13.0. The molecule has 0 radical (unpaired) electrons. The van der Waals surface area contributed by atoms with E-state index in [4.69, 9.17) is 16.3 Å². The van der Waals surface area contributed by atoms with Crippen LogP contribution in [0, 0.1) is 5.92 Å². The van der Waals surface area contributed by atoms with Gasteiger partial charge in [-0.2, -0.15) is 4.31 Å². The van der Waals surface area contributed by atoms with E-state index in [1.54, 1.807) is 24.3 Å². The maximum atomic E-state index is 13.3. The summed E-state index contributed by atoms with van der Waals surface area (Å²) in [6.45, 7) is 6.56. The molecule has 2 aromatic carbocycles. The topological polar surface area (TPSA) is 75.7 Å². The number of sulfonamides is 1. The van der Waals surface area contributed by atoms with Crippen molar-refractivity contribution in [2.75, 3.05) is 20.2 Å². The number of halogens is 1. The van der Waals surface area contributed by atoms with Gasteiger partial charge in [0.2, 0.25) is 15.9 Å². The van der Waals surface area contributed by atoms with Crippen molar-refractivity contribution >= 4 is 27.5 Å². The zero-order valence-corrected chi connectivity index (χ0v) is 20.5. The molecular weight excluding hydrogens is 448 g/mol. The number of nitrogens with zero attached hydrogens (tertiary/aromatic N) is 1. The van der Waals surface area contributed by atoms with Crippen LogP contribution in [0.2, 0.25) is 5.02 Å². The molecule has 2 aromatic rings. The van der Waals surface area contributed by atoms with Crippen LogP contribution in [0.3, 0.4) is 0 Å². The predicted octanol–water partition coefficient (Wildman–Crippen LogP) is 4.75. The Kier molecular flexibility index (Phi) is 7.85. The van der Waals surface area contributed by atoms with E-state index in [0.717, 1.165) is 11.1 Å². The Bertz CT molecular complexity index is 1050. The standard InChI is InChI=1S/C24H31ClN2O4S/c1-16(2)20-7-10-22(31-4)23(15-20)32(29,30)27-13-11-19(12-14-27)24(28)26-17(3)18-5-8-21(25)9-6-18/h5-10,15-17,19H,11-14H2,1-4H3,(H,26,28)/t17-/m0/s1. The fraction of sp³-hybridized carbons (Fsp3) is 0.458. The van der Waals surface area contributed by atoms with E-state index in [-0.39, 0.29) is 28.7 Å². The van der Waals surface area contributed by atoms with Crippen LogP contribution in [-0.2, 0) is 14.8 Å². The lowest BCUT2D eigenvalue weighted by atomic mass is 9.96. The number of hydrogen-bond acceptors (Lipinski definition) is 4. The fourth-order valence-electron chi connectivity index (χ4n) is 3.92. The largest absolute Gasteiger partial charge is 0.495 e. The molecule has 0 unspecified atom stereocenters. The van der Waals surface area contributed by atoms with Gasteiger partial charge in [-0.25, -0.2) is 8.42 Å². The van der Waals surface area contributed by atoms with Crippen molar-refractivity contribution in [3.8, 4) is 5.75 Å². The van der Waals surface area contributed by atoms with Crippen molar-refractivity contribution in [1.82, 2.24) is 9.62 Å². The molecule has 174 valence electrons. The molecule has 1 fully saturated rings. The number of benzene rings is 2. The van der Waals surface area contributed by atoms with Crippen LogP contribution in [0.25, 0.3) is 0 Å². The Balaban J connectivity index is 1.66. The minimum absolute atomic E-state index is 0.0520. The summed E-state index contributed by atoms with van der Waals surface area (Å²) in [5.74, 6) is 0.266. The van der Waals surface area contributed by atoms with Crippen LogP contribution >= 0.6 is 11.6 Å². The Hall–Kier alpha value is -2.09. The molecule has 0 bridgehead atoms. The van der Waals surface area contributed by atoms with E-state index in [9.17, 15) is 13.2 Å². The third-order valence-electron chi connectivity index (χ3n) is 6.03. The van der Waals surface area contributed by atoms with Gasteiger partial charge in [-0.15, -0.1) is 0 Å². The second-order valence-electron chi connectivity index (χ2n) is 8.53. The van der Waals surface area contributed by atoms with Crippen molar-refractivity contribution in [1.29, 1.82) is 0 Å². The first kappa shape index (κ1) is 24.6. The molecule has 1 saturated heterocycles. The predicted molar refractivity (Wildman–Crippen MR) is 127 cm³/mol. The summed E-state index contributed by atoms with van der Waals surface area (Å²) in [7, 11) is -2.24. The number of hydrogen-bond donors (Lipinski definition) is 1. The molecule has 0 aliphatic carbocycles. The number of methoxy groups -OCH3 is 1. The van der Waals surface area contributed by atoms with Gasteiger partial charge in [0, 0.05) is 24.0 Å². The first-order chi connectivity index (χ1) is 15.1. The molecule has 0 spiro atoms. The van der Waals surface area contributed by atoms with E-state index in [2.05, 4.69) is 5.32 Å². The molecule has 0 saturated carbocycles. The average Bonchev–Trinajstić information content (AvgIpc) is 2.79. The van der Waals surface area contributed by atoms with Crippen molar-refractivity contribution in [2.24, 2.45) is 5.92 Å². The van der Waals surface area contributed by atoms with Gasteiger partial charge in [0.15, 0.2) is 0 Å². The number of carbonyl (C=O) groups is 1. The van der Waals surface area contributed by atoms with Gasteiger partial charge in [-0.3, -0.25) is 4.79 Å². The van der Waals surface area contributed by atoms with Crippen LogP contribution in [0.5, 0.6) is 5.75 Å². The SMILES string of the molecule is COc1ccc(C(C)C)cc1S(=O)(=O)N1CCC(C(=O)N[C@@H](C)c2ccc(Cl)cc2)CC1. The van der Waals surface area contributed by atoms with Crippen molar-refractivity contribution < 1.29 is 17.9 Å². The van der Waals surface area contributed by atoms with Crippen molar-refractivity contribution in [3.05, 3.63) is 58.6 Å². The lowest BCUT2D eigenvalue weighted by Crippen LogP contribution is -2.43. The Labute approximate surface area is 196 Å². The quantitative estimate of drug-likeness (QED) is 0.623. The maximum absolute atomic E-state index is 13.3. The molecule has 1 amide bonds. The lowest BCUT2D eigenvalue weighted by molar-refractivity contribution is -0.126. The minimum atomic E-state index is -3.72. The molecule has 8 heteroatoms. The van der Waals surface area contributed by atoms with E-state index < -0.39 is 10.0 Å². The van der Waals surface area contributed by atoms with Crippen LogP contribution in [0.1, 0.15) is 56.7 Å². The Morgan fingerprint density at radius 3 is 2.22 bits per heavy atom. The molecule has 0 aromatic heterocycles. The van der Waals surface area contributed by atoms with E-state index >= 15 is 0 Å². The van der Waals surface area contributed by atoms with Crippen LogP contribution in [-0.4, -0.2) is 38.8 Å². The molecule has 6 nitrogen and oxygen atoms in total. The lowest BCUT2D eigenvalue weighted by Gasteiger charge is -2.31. The zero-order chi connectivity index (χ0) is 23.5. The highest BCUT2D eigenvalue weighted by molar-refractivity contribution is 7.89. The van der Waals surface area contributed by atoms with E-state index in [0.29, 0.717) is 36.7 Å². The maximum Gasteiger partial charge on any atom is 0.246 e. The first-order valence-electron chi connectivity index (χ1n) is 10.9. The van der Waals surface area contributed by atoms with Gasteiger partial charge in [0.25, 0.3) is 0 Å². The van der Waals surface area contributed by atoms with Crippen molar-refractivity contribution in [2.45, 2.75) is 50.5 Å². The number of nitrogens with one attached hydrogen (secondary N) is 1. The highest BCUT2D eigenvalue weighted by Gasteiger charge is 2.34. The molecular formula is C24H31ClN2O4S. The monoisotopic (exact) mass is 478 g/mol. The molecule has 32 heavy (non-hydrogen) atoms. The van der Waals surface area contributed by atoms with E-state index in [1.165, 1.54) is 11.4 Å². The summed E-state index contributed by atoms with van der Waals surface area (Å²) < 4.78 is 33.5. The number of ether oxygens (including phenoxy) is 1. The molecule has 1 aliphatic rings. The van der Waals surface area contributed by atoms with E-state index in [1.807, 2.05) is 39.0 Å². The van der Waals surface area contributed by atoms with Crippen LogP contribution in [0.4, 0.5) is 0 Å². The number of piperidine rings is 1. The smallest absolute Gasteiger partial charge is 0.246 e. The second-order valence-corrected chi connectivity index (χ2v) is 10.9. The zero-order valence-electron chi connectivity index (χ0n) is 19.0.